The van der Waals surface area contributed by atoms with Gasteiger partial charge in [-0.25, -0.2) is 4.98 Å². The van der Waals surface area contributed by atoms with E-state index in [-0.39, 0.29) is 0 Å². The first kappa shape index (κ1) is 8.41. The highest BCUT2D eigenvalue weighted by molar-refractivity contribution is 5.46. The first-order chi connectivity index (χ1) is 5.76. The summed E-state index contributed by atoms with van der Waals surface area (Å²) >= 11 is 0. The van der Waals surface area contributed by atoms with Gasteiger partial charge in [0.15, 0.2) is 0 Å². The van der Waals surface area contributed by atoms with Crippen molar-refractivity contribution in [2.24, 2.45) is 0 Å². The number of rotatable bonds is 2. The zero-order valence-electron chi connectivity index (χ0n) is 6.87. The van der Waals surface area contributed by atoms with Crippen LogP contribution in [0.3, 0.4) is 0 Å². The zero-order chi connectivity index (χ0) is 8.97. The fourth-order valence-electron chi connectivity index (χ4n) is 0.821. The largest absolute Gasteiger partial charge is 0.478 e. The molecule has 0 saturated heterocycles. The number of anilines is 1. The van der Waals surface area contributed by atoms with E-state index in [0.717, 1.165) is 0 Å². The summed E-state index contributed by atoms with van der Waals surface area (Å²) in [5.41, 5.74) is 6.62. The van der Waals surface area contributed by atoms with E-state index in [0.29, 0.717) is 23.9 Å². The first-order valence-electron chi connectivity index (χ1n) is 3.63. The van der Waals surface area contributed by atoms with Crippen molar-refractivity contribution >= 4 is 5.69 Å². The summed E-state index contributed by atoms with van der Waals surface area (Å²) in [7, 11) is 0. The second-order valence-corrected chi connectivity index (χ2v) is 2.20. The van der Waals surface area contributed by atoms with Crippen LogP contribution in [-0.4, -0.2) is 11.6 Å². The van der Waals surface area contributed by atoms with Crippen molar-refractivity contribution in [3.05, 3.63) is 17.8 Å². The maximum Gasteiger partial charge on any atom is 0.216 e. The highest BCUT2D eigenvalue weighted by Gasteiger charge is 1.97. The monoisotopic (exact) mass is 162 g/mol. The number of hydrogen-bond acceptors (Lipinski definition) is 3. The molecule has 0 saturated carbocycles. The summed E-state index contributed by atoms with van der Waals surface area (Å²) in [4.78, 5) is 4.00. The summed E-state index contributed by atoms with van der Waals surface area (Å²) in [6.45, 7) is 2.43. The number of aromatic nitrogens is 1. The van der Waals surface area contributed by atoms with Crippen LogP contribution in [0.4, 0.5) is 5.69 Å². The number of ether oxygens (including phenoxy) is 1. The lowest BCUT2D eigenvalue weighted by Crippen LogP contribution is -1.97. The van der Waals surface area contributed by atoms with Crippen LogP contribution < -0.4 is 10.5 Å². The van der Waals surface area contributed by atoms with Crippen molar-refractivity contribution in [3.63, 3.8) is 0 Å². The Kier molecular flexibility index (Phi) is 2.54. The lowest BCUT2D eigenvalue weighted by atomic mass is 10.3. The molecule has 62 valence electrons. The Labute approximate surface area is 71.6 Å². The normalized spacial score (nSPS) is 9.00. The molecule has 0 fully saturated rings. The van der Waals surface area contributed by atoms with E-state index in [1.165, 1.54) is 0 Å². The van der Waals surface area contributed by atoms with Gasteiger partial charge in [0.05, 0.1) is 6.61 Å². The van der Waals surface area contributed by atoms with Gasteiger partial charge in [-0.1, -0.05) is 5.92 Å². The fourth-order valence-corrected chi connectivity index (χ4v) is 0.821. The van der Waals surface area contributed by atoms with Crippen molar-refractivity contribution in [2.45, 2.75) is 6.92 Å². The third-order valence-electron chi connectivity index (χ3n) is 1.26. The van der Waals surface area contributed by atoms with Crippen molar-refractivity contribution in [1.29, 1.82) is 0 Å². The summed E-state index contributed by atoms with van der Waals surface area (Å²) in [6, 6.07) is 3.27. The minimum atomic E-state index is 0.477. The average molecular weight is 162 g/mol. The number of terminal acetylenes is 1. The quantitative estimate of drug-likeness (QED) is 0.661. The topological polar surface area (TPSA) is 48.1 Å². The van der Waals surface area contributed by atoms with E-state index in [2.05, 4.69) is 10.9 Å². The second-order valence-electron chi connectivity index (χ2n) is 2.20. The van der Waals surface area contributed by atoms with Gasteiger partial charge in [0.1, 0.15) is 5.69 Å². The second kappa shape index (κ2) is 3.63. The first-order valence-corrected chi connectivity index (χ1v) is 3.63. The lowest BCUT2D eigenvalue weighted by Gasteiger charge is -2.02. The standard InChI is InChI=1S/C9H10N2O/c1-3-8-5-7(10)6-9(11-8)12-4-2/h1,5-6H,4H2,2H3,(H2,10,11). The van der Waals surface area contributed by atoms with Crippen molar-refractivity contribution in [2.75, 3.05) is 12.3 Å². The molecule has 3 heteroatoms. The van der Waals surface area contributed by atoms with Crippen molar-refractivity contribution in [3.8, 4) is 18.2 Å². The molecule has 1 aromatic rings. The molecule has 0 aliphatic heterocycles. The van der Waals surface area contributed by atoms with E-state index >= 15 is 0 Å². The molecule has 3 nitrogen and oxygen atoms in total. The molecule has 1 heterocycles. The van der Waals surface area contributed by atoms with Gasteiger partial charge < -0.3 is 10.5 Å². The Morgan fingerprint density at radius 2 is 2.42 bits per heavy atom. The molecule has 0 radical (unpaired) electrons. The number of hydrogen-bond donors (Lipinski definition) is 1. The molecule has 0 aromatic carbocycles. The van der Waals surface area contributed by atoms with Crippen molar-refractivity contribution in [1.82, 2.24) is 4.98 Å². The Balaban J connectivity index is 3.00. The van der Waals surface area contributed by atoms with E-state index in [1.807, 2.05) is 6.92 Å². The molecular weight excluding hydrogens is 152 g/mol. The molecular formula is C9H10N2O. The molecule has 1 aromatic heterocycles. The van der Waals surface area contributed by atoms with Crippen LogP contribution in [0.2, 0.25) is 0 Å². The Bertz CT molecular complexity index is 315. The van der Waals surface area contributed by atoms with Crippen LogP contribution in [0.25, 0.3) is 0 Å². The molecule has 0 unspecified atom stereocenters. The Morgan fingerprint density at radius 3 is 3.00 bits per heavy atom. The van der Waals surface area contributed by atoms with E-state index in [4.69, 9.17) is 16.9 Å². The highest BCUT2D eigenvalue weighted by Crippen LogP contribution is 2.13. The van der Waals surface area contributed by atoms with E-state index in [9.17, 15) is 0 Å². The molecule has 0 atom stereocenters. The van der Waals surface area contributed by atoms with Crippen LogP contribution in [-0.2, 0) is 0 Å². The average Bonchev–Trinajstić information content (AvgIpc) is 2.04. The predicted molar refractivity (Wildman–Crippen MR) is 47.8 cm³/mol. The van der Waals surface area contributed by atoms with Gasteiger partial charge in [-0.3, -0.25) is 0 Å². The molecule has 2 N–H and O–H groups in total. The molecule has 12 heavy (non-hydrogen) atoms. The van der Waals surface area contributed by atoms with Gasteiger partial charge >= 0.3 is 0 Å². The maximum absolute atomic E-state index is 5.55. The highest BCUT2D eigenvalue weighted by atomic mass is 16.5. The Hall–Kier alpha value is -1.69. The van der Waals surface area contributed by atoms with Gasteiger partial charge in [-0.05, 0) is 13.0 Å². The number of nitrogens with two attached hydrogens (primary N) is 1. The molecule has 0 aliphatic carbocycles. The third-order valence-corrected chi connectivity index (χ3v) is 1.26. The molecule has 0 amide bonds. The van der Waals surface area contributed by atoms with Crippen LogP contribution in [0.1, 0.15) is 12.6 Å². The van der Waals surface area contributed by atoms with Crippen LogP contribution >= 0.6 is 0 Å². The number of nitrogen functional groups attached to an aromatic ring is 1. The molecule has 0 spiro atoms. The lowest BCUT2D eigenvalue weighted by molar-refractivity contribution is 0.327. The minimum Gasteiger partial charge on any atom is -0.478 e. The third kappa shape index (κ3) is 1.89. The number of nitrogens with zero attached hydrogens (tertiary/aromatic N) is 1. The van der Waals surface area contributed by atoms with E-state index < -0.39 is 0 Å². The molecule has 0 bridgehead atoms. The van der Waals surface area contributed by atoms with Gasteiger partial charge in [-0.15, -0.1) is 6.42 Å². The fraction of sp³-hybridized carbons (Fsp3) is 0.222. The van der Waals surface area contributed by atoms with Crippen molar-refractivity contribution < 1.29 is 4.74 Å². The summed E-state index contributed by atoms with van der Waals surface area (Å²) in [5.74, 6) is 2.87. The summed E-state index contributed by atoms with van der Waals surface area (Å²) in [6.07, 6.45) is 5.16. The SMILES string of the molecule is C#Cc1cc(N)cc(OCC)n1. The van der Waals surface area contributed by atoms with Gasteiger partial charge in [0.2, 0.25) is 5.88 Å². The smallest absolute Gasteiger partial charge is 0.216 e. The van der Waals surface area contributed by atoms with Gasteiger partial charge in [0.25, 0.3) is 0 Å². The zero-order valence-corrected chi connectivity index (χ0v) is 6.87. The summed E-state index contributed by atoms with van der Waals surface area (Å²) < 4.78 is 5.14. The molecule has 1 rings (SSSR count). The summed E-state index contributed by atoms with van der Waals surface area (Å²) in [5, 5.41) is 0. The minimum absolute atomic E-state index is 0.477. The Morgan fingerprint density at radius 1 is 1.67 bits per heavy atom. The van der Waals surface area contributed by atoms with Gasteiger partial charge in [-0.2, -0.15) is 0 Å². The van der Waals surface area contributed by atoms with Crippen LogP contribution in [0.5, 0.6) is 5.88 Å². The van der Waals surface area contributed by atoms with E-state index in [1.54, 1.807) is 12.1 Å². The molecule has 0 aliphatic rings. The van der Waals surface area contributed by atoms with Gasteiger partial charge in [0, 0.05) is 11.8 Å². The van der Waals surface area contributed by atoms with Crippen LogP contribution in [0, 0.1) is 12.3 Å². The predicted octanol–water partition coefficient (Wildman–Crippen LogP) is 1.04. The van der Waals surface area contributed by atoms with Crippen LogP contribution in [0.15, 0.2) is 12.1 Å². The number of pyridine rings is 1. The maximum atomic E-state index is 5.55.